The highest BCUT2D eigenvalue weighted by Gasteiger charge is 2.23. The minimum atomic E-state index is -0.126. The van der Waals surface area contributed by atoms with Crippen molar-refractivity contribution in [3.8, 4) is 0 Å². The summed E-state index contributed by atoms with van der Waals surface area (Å²) in [5.74, 6) is 1.06. The van der Waals surface area contributed by atoms with Crippen LogP contribution in [-0.4, -0.2) is 58.3 Å². The van der Waals surface area contributed by atoms with Gasteiger partial charge >= 0.3 is 0 Å². The second kappa shape index (κ2) is 7.95. The van der Waals surface area contributed by atoms with Crippen LogP contribution in [0.2, 0.25) is 0 Å². The quantitative estimate of drug-likeness (QED) is 0.827. The van der Waals surface area contributed by atoms with E-state index in [9.17, 15) is 9.59 Å². The number of nitrogens with zero attached hydrogens (tertiary/aromatic N) is 4. The molecule has 1 N–H and O–H groups in total. The van der Waals surface area contributed by atoms with E-state index in [1.807, 2.05) is 0 Å². The molecule has 7 heteroatoms. The van der Waals surface area contributed by atoms with Crippen molar-refractivity contribution in [1.29, 1.82) is 0 Å². The van der Waals surface area contributed by atoms with Crippen molar-refractivity contribution in [3.05, 3.63) is 53.0 Å². The highest BCUT2D eigenvalue weighted by Crippen LogP contribution is 2.13. The summed E-state index contributed by atoms with van der Waals surface area (Å²) in [6.45, 7) is 6.60. The molecule has 26 heavy (non-hydrogen) atoms. The van der Waals surface area contributed by atoms with Crippen LogP contribution in [0, 0.1) is 13.8 Å². The fourth-order valence-corrected chi connectivity index (χ4v) is 2.86. The number of carbonyl (C=O) groups excluding carboxylic acids is 2. The molecule has 0 unspecified atom stereocenters. The van der Waals surface area contributed by atoms with Crippen molar-refractivity contribution in [2.45, 2.75) is 20.4 Å². The maximum absolute atomic E-state index is 12.7. The number of benzene rings is 1. The van der Waals surface area contributed by atoms with Crippen LogP contribution >= 0.6 is 0 Å². The first-order chi connectivity index (χ1) is 12.5. The summed E-state index contributed by atoms with van der Waals surface area (Å²) in [5, 5.41) is 3.26. The summed E-state index contributed by atoms with van der Waals surface area (Å²) in [6.07, 6.45) is 0.823. The Bertz CT molecular complexity index is 783. The van der Waals surface area contributed by atoms with Crippen molar-refractivity contribution >= 4 is 18.1 Å². The zero-order chi connectivity index (χ0) is 18.5. The maximum Gasteiger partial charge on any atom is 0.272 e. The summed E-state index contributed by atoms with van der Waals surface area (Å²) in [7, 11) is 0. The molecular formula is C19H23N5O2. The first kappa shape index (κ1) is 17.8. The van der Waals surface area contributed by atoms with E-state index in [0.29, 0.717) is 50.1 Å². The Hall–Kier alpha value is -2.96. The van der Waals surface area contributed by atoms with E-state index in [-0.39, 0.29) is 5.91 Å². The van der Waals surface area contributed by atoms with E-state index in [0.717, 1.165) is 12.0 Å². The molecule has 2 amide bonds. The summed E-state index contributed by atoms with van der Waals surface area (Å²) < 4.78 is 0. The number of aryl methyl sites for hydroxylation is 2. The van der Waals surface area contributed by atoms with Crippen molar-refractivity contribution in [3.63, 3.8) is 0 Å². The molecule has 1 saturated heterocycles. The largest absolute Gasteiger partial charge is 0.366 e. The maximum atomic E-state index is 12.7. The van der Waals surface area contributed by atoms with Crippen LogP contribution < -0.4 is 5.32 Å². The third-order valence-electron chi connectivity index (χ3n) is 4.40. The van der Waals surface area contributed by atoms with Gasteiger partial charge in [-0.15, -0.1) is 0 Å². The Morgan fingerprint density at radius 3 is 2.46 bits per heavy atom. The summed E-state index contributed by atoms with van der Waals surface area (Å²) >= 11 is 0. The normalized spacial score (nSPS) is 14.2. The van der Waals surface area contributed by atoms with Gasteiger partial charge in [-0.3, -0.25) is 9.59 Å². The molecule has 0 radical (unpaired) electrons. The zero-order valence-corrected chi connectivity index (χ0v) is 15.1. The summed E-state index contributed by atoms with van der Waals surface area (Å²) in [6, 6.07) is 9.95. The molecule has 1 aliphatic heterocycles. The van der Waals surface area contributed by atoms with Crippen LogP contribution in [0.3, 0.4) is 0 Å². The second-order valence-corrected chi connectivity index (χ2v) is 6.46. The molecule has 1 aliphatic rings. The van der Waals surface area contributed by atoms with E-state index in [1.165, 1.54) is 5.56 Å². The first-order valence-corrected chi connectivity index (χ1v) is 8.69. The summed E-state index contributed by atoms with van der Waals surface area (Å²) in [4.78, 5) is 35.6. The van der Waals surface area contributed by atoms with Crippen molar-refractivity contribution in [2.75, 3.05) is 31.5 Å². The van der Waals surface area contributed by atoms with Gasteiger partial charge in [0.2, 0.25) is 6.41 Å². The number of carbonyl (C=O) groups is 2. The Kier molecular flexibility index (Phi) is 5.46. The SMILES string of the molecule is Cc1ccc(CNc2cc(C(=O)N3CCN(C=O)CC3)nc(C)n2)cc1. The molecule has 2 heterocycles. The minimum Gasteiger partial charge on any atom is -0.366 e. The van der Waals surface area contributed by atoms with Gasteiger partial charge in [0.05, 0.1) is 0 Å². The number of piperazine rings is 1. The second-order valence-electron chi connectivity index (χ2n) is 6.46. The van der Waals surface area contributed by atoms with Crippen LogP contribution in [0.4, 0.5) is 5.82 Å². The number of amides is 2. The lowest BCUT2D eigenvalue weighted by Gasteiger charge is -2.32. The predicted octanol–water partition coefficient (Wildman–Crippen LogP) is 1.62. The number of anilines is 1. The molecular weight excluding hydrogens is 330 g/mol. The fraction of sp³-hybridized carbons (Fsp3) is 0.368. The van der Waals surface area contributed by atoms with Crippen molar-refractivity contribution in [2.24, 2.45) is 0 Å². The smallest absolute Gasteiger partial charge is 0.272 e. The highest BCUT2D eigenvalue weighted by atomic mass is 16.2. The van der Waals surface area contributed by atoms with Gasteiger partial charge in [0.15, 0.2) is 0 Å². The van der Waals surface area contributed by atoms with E-state index in [4.69, 9.17) is 0 Å². The predicted molar refractivity (Wildman–Crippen MR) is 98.8 cm³/mol. The molecule has 1 fully saturated rings. The number of nitrogens with one attached hydrogen (secondary N) is 1. The Labute approximate surface area is 153 Å². The van der Waals surface area contributed by atoms with Gasteiger partial charge in [-0.25, -0.2) is 9.97 Å². The Balaban J connectivity index is 1.67. The monoisotopic (exact) mass is 353 g/mol. The molecule has 2 aromatic rings. The molecule has 0 spiro atoms. The topological polar surface area (TPSA) is 78.4 Å². The van der Waals surface area contributed by atoms with Crippen molar-refractivity contribution < 1.29 is 9.59 Å². The summed E-state index contributed by atoms with van der Waals surface area (Å²) in [5.41, 5.74) is 2.74. The van der Waals surface area contributed by atoms with Crippen LogP contribution in [0.15, 0.2) is 30.3 Å². The van der Waals surface area contributed by atoms with Gasteiger partial charge in [-0.2, -0.15) is 0 Å². The molecule has 0 atom stereocenters. The van der Waals surface area contributed by atoms with Crippen LogP contribution in [-0.2, 0) is 11.3 Å². The lowest BCUT2D eigenvalue weighted by Crippen LogP contribution is -2.48. The lowest BCUT2D eigenvalue weighted by atomic mass is 10.1. The van der Waals surface area contributed by atoms with Crippen molar-refractivity contribution in [1.82, 2.24) is 19.8 Å². The first-order valence-electron chi connectivity index (χ1n) is 8.69. The Morgan fingerprint density at radius 2 is 1.81 bits per heavy atom. The molecule has 3 rings (SSSR count). The minimum absolute atomic E-state index is 0.126. The number of aromatic nitrogens is 2. The zero-order valence-electron chi connectivity index (χ0n) is 15.1. The average molecular weight is 353 g/mol. The van der Waals surface area contributed by atoms with Gasteiger partial charge in [0.25, 0.3) is 5.91 Å². The van der Waals surface area contributed by atoms with Crippen LogP contribution in [0.5, 0.6) is 0 Å². The van der Waals surface area contributed by atoms with E-state index in [1.54, 1.807) is 22.8 Å². The van der Waals surface area contributed by atoms with Gasteiger partial charge in [-0.05, 0) is 19.4 Å². The molecule has 0 bridgehead atoms. The van der Waals surface area contributed by atoms with Gasteiger partial charge in [-0.1, -0.05) is 29.8 Å². The molecule has 1 aromatic carbocycles. The standard InChI is InChI=1S/C19H23N5O2/c1-14-3-5-16(6-4-14)12-20-18-11-17(21-15(2)22-18)19(26)24-9-7-23(13-25)8-10-24/h3-6,11,13H,7-10,12H2,1-2H3,(H,20,21,22). The number of hydrogen-bond donors (Lipinski definition) is 1. The van der Waals surface area contributed by atoms with Gasteiger partial charge in [0.1, 0.15) is 17.3 Å². The van der Waals surface area contributed by atoms with E-state index < -0.39 is 0 Å². The number of hydrogen-bond acceptors (Lipinski definition) is 5. The van der Waals surface area contributed by atoms with Gasteiger partial charge < -0.3 is 15.1 Å². The van der Waals surface area contributed by atoms with E-state index >= 15 is 0 Å². The third kappa shape index (κ3) is 4.36. The van der Waals surface area contributed by atoms with E-state index in [2.05, 4.69) is 46.5 Å². The lowest BCUT2D eigenvalue weighted by molar-refractivity contribution is -0.119. The van der Waals surface area contributed by atoms with Crippen LogP contribution in [0.25, 0.3) is 0 Å². The van der Waals surface area contributed by atoms with Gasteiger partial charge in [0, 0.05) is 38.8 Å². The molecule has 0 saturated carbocycles. The average Bonchev–Trinajstić information content (AvgIpc) is 2.66. The highest BCUT2D eigenvalue weighted by molar-refractivity contribution is 5.93. The molecule has 1 aromatic heterocycles. The molecule has 136 valence electrons. The third-order valence-corrected chi connectivity index (χ3v) is 4.40. The van der Waals surface area contributed by atoms with Crippen LogP contribution in [0.1, 0.15) is 27.4 Å². The Morgan fingerprint density at radius 1 is 1.12 bits per heavy atom. The number of rotatable bonds is 5. The molecule has 0 aliphatic carbocycles. The fourth-order valence-electron chi connectivity index (χ4n) is 2.86. The molecule has 7 nitrogen and oxygen atoms in total.